The van der Waals surface area contributed by atoms with Crippen molar-refractivity contribution >= 4 is 53.5 Å². The first-order chi connectivity index (χ1) is 24.2. The SMILES string of the molecule is Cc1ccc(CCC[Si](OCCCCCN(Cc2ccccc2I)[C@H](COCc2ccccc2I)Cc2ccccc2)(C(C)C)C(C)C)cc1. The second kappa shape index (κ2) is 21.8. The van der Waals surface area contributed by atoms with E-state index in [9.17, 15) is 0 Å². The maximum absolute atomic E-state index is 7.06. The van der Waals surface area contributed by atoms with Crippen LogP contribution >= 0.6 is 45.2 Å². The van der Waals surface area contributed by atoms with Crippen LogP contribution in [0.5, 0.6) is 0 Å². The van der Waals surface area contributed by atoms with Crippen LogP contribution in [0, 0.1) is 14.1 Å². The van der Waals surface area contributed by atoms with E-state index >= 15 is 0 Å². The Morgan fingerprint density at radius 3 is 1.92 bits per heavy atom. The molecule has 0 amide bonds. The summed E-state index contributed by atoms with van der Waals surface area (Å²) in [6.07, 6.45) is 6.78. The highest BCUT2D eigenvalue weighted by molar-refractivity contribution is 14.1. The third-order valence-electron chi connectivity index (χ3n) is 10.3. The summed E-state index contributed by atoms with van der Waals surface area (Å²) in [6, 6.07) is 38.9. The lowest BCUT2D eigenvalue weighted by molar-refractivity contribution is 0.0451. The molecule has 3 nitrogen and oxygen atoms in total. The van der Waals surface area contributed by atoms with Gasteiger partial charge >= 0.3 is 0 Å². The Labute approximate surface area is 332 Å². The number of hydrogen-bond acceptors (Lipinski definition) is 3. The van der Waals surface area contributed by atoms with E-state index in [1.54, 1.807) is 0 Å². The van der Waals surface area contributed by atoms with Crippen LogP contribution < -0.4 is 0 Å². The molecule has 0 N–H and O–H groups in total. The molecule has 0 fully saturated rings. The molecular weight excluding hydrogens is 856 g/mol. The molecule has 0 aliphatic heterocycles. The Morgan fingerprint density at radius 2 is 1.28 bits per heavy atom. The predicted octanol–water partition coefficient (Wildman–Crippen LogP) is 12.4. The van der Waals surface area contributed by atoms with Crippen LogP contribution in [0.1, 0.15) is 81.2 Å². The van der Waals surface area contributed by atoms with Crippen LogP contribution in [0.25, 0.3) is 0 Å². The van der Waals surface area contributed by atoms with Gasteiger partial charge in [0.15, 0.2) is 8.32 Å². The molecule has 0 spiro atoms. The average Bonchev–Trinajstić information content (AvgIpc) is 3.10. The molecular formula is C44H59I2NO2Si. The summed E-state index contributed by atoms with van der Waals surface area (Å²) in [7, 11) is -1.89. The third kappa shape index (κ3) is 13.1. The minimum absolute atomic E-state index is 0.279. The Hall–Kier alpha value is -1.56. The maximum Gasteiger partial charge on any atom is 0.197 e. The van der Waals surface area contributed by atoms with Gasteiger partial charge in [0, 0.05) is 26.3 Å². The molecule has 270 valence electrons. The zero-order valence-electron chi connectivity index (χ0n) is 31.1. The summed E-state index contributed by atoms with van der Waals surface area (Å²) in [5, 5.41) is 0. The van der Waals surface area contributed by atoms with Crippen LogP contribution in [0.2, 0.25) is 17.1 Å². The molecule has 0 radical (unpaired) electrons. The average molecular weight is 916 g/mol. The topological polar surface area (TPSA) is 21.7 Å². The first kappa shape index (κ1) is 41.2. The number of unbranched alkanes of at least 4 members (excludes halogenated alkanes) is 2. The van der Waals surface area contributed by atoms with Crippen molar-refractivity contribution in [2.24, 2.45) is 0 Å². The highest BCUT2D eigenvalue weighted by atomic mass is 127. The van der Waals surface area contributed by atoms with Gasteiger partial charge in [-0.3, -0.25) is 4.90 Å². The van der Waals surface area contributed by atoms with Crippen molar-refractivity contribution in [3.63, 3.8) is 0 Å². The molecule has 0 unspecified atom stereocenters. The van der Waals surface area contributed by atoms with Gasteiger partial charge in [0.05, 0.1) is 13.2 Å². The number of ether oxygens (including phenoxy) is 1. The number of benzene rings is 4. The highest BCUT2D eigenvalue weighted by Gasteiger charge is 2.41. The minimum Gasteiger partial charge on any atom is -0.416 e. The fourth-order valence-corrected chi connectivity index (χ4v) is 12.8. The van der Waals surface area contributed by atoms with Crippen molar-refractivity contribution < 1.29 is 9.16 Å². The minimum atomic E-state index is -1.89. The standard InChI is InChI=1S/C44H59I2NO2Si/c1-35(2)50(36(3)4,30-16-19-38-26-24-37(5)25-27-38)49-29-15-7-14-28-47(32-40-20-10-12-22-43(40)45)42(31-39-17-8-6-9-18-39)34-48-33-41-21-11-13-23-44(41)46/h6,8-13,17-18,20-27,35-36,42H,7,14-16,19,28-34H2,1-5H3/t42-/m0/s1. The number of halogens is 2. The van der Waals surface area contributed by atoms with E-state index in [-0.39, 0.29) is 6.04 Å². The van der Waals surface area contributed by atoms with Crippen molar-refractivity contribution in [1.82, 2.24) is 4.90 Å². The van der Waals surface area contributed by atoms with Crippen LogP contribution in [-0.2, 0) is 35.2 Å². The molecule has 4 rings (SSSR count). The second-order valence-corrected chi connectivity index (χ2v) is 21.9. The van der Waals surface area contributed by atoms with Crippen LogP contribution in [0.15, 0.2) is 103 Å². The summed E-state index contributed by atoms with van der Waals surface area (Å²) in [4.78, 5) is 2.69. The molecule has 0 saturated carbocycles. The Kier molecular flexibility index (Phi) is 18.0. The Balaban J connectivity index is 1.38. The molecule has 0 saturated heterocycles. The number of nitrogens with zero attached hydrogens (tertiary/aromatic N) is 1. The molecule has 0 aromatic heterocycles. The number of hydrogen-bond donors (Lipinski definition) is 0. The third-order valence-corrected chi connectivity index (χ3v) is 18.1. The van der Waals surface area contributed by atoms with Crippen LogP contribution in [0.4, 0.5) is 0 Å². The molecule has 4 aromatic rings. The van der Waals surface area contributed by atoms with Gasteiger partial charge in [-0.25, -0.2) is 0 Å². The number of aryl methyl sites for hydroxylation is 2. The van der Waals surface area contributed by atoms with Crippen molar-refractivity contribution in [3.05, 3.63) is 138 Å². The van der Waals surface area contributed by atoms with E-state index in [4.69, 9.17) is 9.16 Å². The fraction of sp³-hybridized carbons (Fsp3) is 0.455. The van der Waals surface area contributed by atoms with Gasteiger partial charge in [0.1, 0.15) is 0 Å². The predicted molar refractivity (Wildman–Crippen MR) is 232 cm³/mol. The molecule has 0 aliphatic rings. The lowest BCUT2D eigenvalue weighted by Crippen LogP contribution is -2.45. The van der Waals surface area contributed by atoms with E-state index in [2.05, 4.69) is 188 Å². The Morgan fingerprint density at radius 1 is 0.660 bits per heavy atom. The van der Waals surface area contributed by atoms with E-state index in [1.165, 1.54) is 53.8 Å². The molecule has 1 atom stereocenters. The van der Waals surface area contributed by atoms with E-state index in [0.717, 1.165) is 45.4 Å². The number of rotatable bonds is 22. The van der Waals surface area contributed by atoms with Gasteiger partial charge in [-0.15, -0.1) is 0 Å². The fourth-order valence-electron chi connectivity index (χ4n) is 7.17. The maximum atomic E-state index is 7.06. The normalized spacial score (nSPS) is 12.7. The summed E-state index contributed by atoms with van der Waals surface area (Å²) >= 11 is 4.92. The monoisotopic (exact) mass is 915 g/mol. The zero-order valence-corrected chi connectivity index (χ0v) is 36.4. The molecule has 50 heavy (non-hydrogen) atoms. The highest BCUT2D eigenvalue weighted by Crippen LogP contribution is 2.38. The lowest BCUT2D eigenvalue weighted by atomic mass is 10.0. The second-order valence-electron chi connectivity index (χ2n) is 14.5. The van der Waals surface area contributed by atoms with Crippen molar-refractivity contribution in [2.75, 3.05) is 19.8 Å². The van der Waals surface area contributed by atoms with Crippen molar-refractivity contribution in [2.45, 2.75) is 109 Å². The molecule has 6 heteroatoms. The Bertz CT molecular complexity index is 1520. The smallest absolute Gasteiger partial charge is 0.197 e. The summed E-state index contributed by atoms with van der Waals surface area (Å²) in [5.41, 5.74) is 8.02. The van der Waals surface area contributed by atoms with Crippen LogP contribution in [0.3, 0.4) is 0 Å². The first-order valence-electron chi connectivity index (χ1n) is 18.7. The van der Waals surface area contributed by atoms with E-state index in [1.807, 2.05) is 0 Å². The van der Waals surface area contributed by atoms with E-state index in [0.29, 0.717) is 24.3 Å². The molecule has 0 aliphatic carbocycles. The quantitative estimate of drug-likeness (QED) is 0.0445. The van der Waals surface area contributed by atoms with Gasteiger partial charge in [0.25, 0.3) is 0 Å². The lowest BCUT2D eigenvalue weighted by Gasteiger charge is -2.39. The molecule has 4 aromatic carbocycles. The van der Waals surface area contributed by atoms with Gasteiger partial charge in [-0.05, 0) is 149 Å². The molecule has 0 bridgehead atoms. The summed E-state index contributed by atoms with van der Waals surface area (Å²) < 4.78 is 16.2. The van der Waals surface area contributed by atoms with Gasteiger partial charge in [-0.1, -0.05) is 124 Å². The first-order valence-corrected chi connectivity index (χ1v) is 23.1. The van der Waals surface area contributed by atoms with Gasteiger partial charge in [-0.2, -0.15) is 0 Å². The van der Waals surface area contributed by atoms with Crippen molar-refractivity contribution in [1.29, 1.82) is 0 Å². The van der Waals surface area contributed by atoms with Crippen molar-refractivity contribution in [3.8, 4) is 0 Å². The van der Waals surface area contributed by atoms with Gasteiger partial charge < -0.3 is 9.16 Å². The van der Waals surface area contributed by atoms with Gasteiger partial charge in [0.2, 0.25) is 0 Å². The largest absolute Gasteiger partial charge is 0.416 e. The van der Waals surface area contributed by atoms with Crippen LogP contribution in [-0.4, -0.2) is 39.0 Å². The zero-order chi connectivity index (χ0) is 35.8. The summed E-state index contributed by atoms with van der Waals surface area (Å²) in [6.45, 7) is 16.0. The van der Waals surface area contributed by atoms with E-state index < -0.39 is 8.32 Å². The molecule has 0 heterocycles. The summed E-state index contributed by atoms with van der Waals surface area (Å²) in [5.74, 6) is 0.